The molecule has 0 saturated heterocycles. The van der Waals surface area contributed by atoms with E-state index in [2.05, 4.69) is 21.5 Å². The number of fused-ring (bicyclic) bond motifs is 1. The minimum absolute atomic E-state index is 0.0465. The smallest absolute Gasteiger partial charge is 0.220 e. The fraction of sp³-hybridized carbons (Fsp3) is 0.471. The van der Waals surface area contributed by atoms with Crippen LogP contribution in [0.25, 0.3) is 0 Å². The number of carbonyl (C=O) groups is 1. The highest BCUT2D eigenvalue weighted by Crippen LogP contribution is 2.38. The zero-order chi connectivity index (χ0) is 15.6. The summed E-state index contributed by atoms with van der Waals surface area (Å²) in [6, 6.07) is 5.96. The Morgan fingerprint density at radius 1 is 1.45 bits per heavy atom. The van der Waals surface area contributed by atoms with Gasteiger partial charge in [-0.05, 0) is 36.1 Å². The molecule has 1 aliphatic carbocycles. The van der Waals surface area contributed by atoms with Crippen molar-refractivity contribution >= 4 is 17.5 Å². The Morgan fingerprint density at radius 2 is 2.27 bits per heavy atom. The molecule has 0 saturated carbocycles. The molecule has 0 fully saturated rings. The first kappa shape index (κ1) is 15.1. The molecule has 5 heteroatoms. The van der Waals surface area contributed by atoms with Gasteiger partial charge >= 0.3 is 0 Å². The summed E-state index contributed by atoms with van der Waals surface area (Å²) >= 11 is 6.00. The first-order valence-corrected chi connectivity index (χ1v) is 7.95. The number of hydrogen-bond donors (Lipinski definition) is 1. The van der Waals surface area contributed by atoms with Crippen molar-refractivity contribution in [2.75, 3.05) is 0 Å². The summed E-state index contributed by atoms with van der Waals surface area (Å²) in [7, 11) is 0. The van der Waals surface area contributed by atoms with E-state index in [-0.39, 0.29) is 17.6 Å². The van der Waals surface area contributed by atoms with Crippen LogP contribution in [0.4, 0.5) is 0 Å². The number of rotatable bonds is 6. The van der Waals surface area contributed by atoms with Gasteiger partial charge in [0.15, 0.2) is 5.66 Å². The number of hydrogen-bond acceptors (Lipinski definition) is 3. The van der Waals surface area contributed by atoms with E-state index in [1.807, 2.05) is 18.2 Å². The van der Waals surface area contributed by atoms with E-state index in [1.54, 1.807) is 0 Å². The molecule has 22 heavy (non-hydrogen) atoms. The second kappa shape index (κ2) is 6.10. The van der Waals surface area contributed by atoms with Gasteiger partial charge in [-0.3, -0.25) is 4.79 Å². The monoisotopic (exact) mass is 315 g/mol. The predicted octanol–water partition coefficient (Wildman–Crippen LogP) is 3.80. The zero-order valence-electron chi connectivity index (χ0n) is 12.3. The normalized spacial score (nSPS) is 20.3. The van der Waals surface area contributed by atoms with E-state index in [0.29, 0.717) is 19.3 Å². The highest BCUT2D eigenvalue weighted by molar-refractivity contribution is 6.30. The molecule has 0 radical (unpaired) electrons. The van der Waals surface area contributed by atoms with Gasteiger partial charge < -0.3 is 5.32 Å². The van der Waals surface area contributed by atoms with E-state index in [9.17, 15) is 4.79 Å². The number of terminal acetylenes is 1. The molecule has 0 unspecified atom stereocenters. The topological polar surface area (TPSA) is 53.8 Å². The SMILES string of the molecule is C#CCCC1(CCC(=O)N[C@H]2CCc3cc(Cl)ccc32)N=N1. The number of benzene rings is 1. The number of amides is 1. The van der Waals surface area contributed by atoms with Crippen molar-refractivity contribution in [1.82, 2.24) is 5.32 Å². The number of nitrogens with zero attached hydrogens (tertiary/aromatic N) is 2. The van der Waals surface area contributed by atoms with Gasteiger partial charge in [0.25, 0.3) is 0 Å². The van der Waals surface area contributed by atoms with Crippen LogP contribution >= 0.6 is 11.6 Å². The Hall–Kier alpha value is -1.86. The Balaban J connectivity index is 1.51. The summed E-state index contributed by atoms with van der Waals surface area (Å²) < 4.78 is 0. The molecule has 114 valence electrons. The fourth-order valence-electron chi connectivity index (χ4n) is 2.98. The Morgan fingerprint density at radius 3 is 3.00 bits per heavy atom. The number of nitrogens with one attached hydrogen (secondary N) is 1. The standard InChI is InChI=1S/C17H18ClN3O/c1-2-3-9-17(20-21-17)10-8-16(22)19-15-7-4-12-11-13(18)5-6-14(12)15/h1,5-6,11,15H,3-4,7-10H2,(H,19,22)/t15-/m0/s1. The highest BCUT2D eigenvalue weighted by Gasteiger charge is 2.39. The van der Waals surface area contributed by atoms with E-state index < -0.39 is 0 Å². The number of aryl methyl sites for hydroxylation is 1. The Kier molecular flexibility index (Phi) is 4.17. The van der Waals surface area contributed by atoms with E-state index >= 15 is 0 Å². The lowest BCUT2D eigenvalue weighted by atomic mass is 10.0. The highest BCUT2D eigenvalue weighted by atomic mass is 35.5. The van der Waals surface area contributed by atoms with Gasteiger partial charge in [0.2, 0.25) is 5.91 Å². The van der Waals surface area contributed by atoms with Crippen LogP contribution in [0.2, 0.25) is 5.02 Å². The maximum absolute atomic E-state index is 12.2. The van der Waals surface area contributed by atoms with Crippen LogP contribution in [-0.4, -0.2) is 11.6 Å². The Labute approximate surface area is 135 Å². The van der Waals surface area contributed by atoms with Crippen molar-refractivity contribution in [2.24, 2.45) is 10.2 Å². The molecule has 0 aromatic heterocycles. The lowest BCUT2D eigenvalue weighted by Crippen LogP contribution is -2.28. The van der Waals surface area contributed by atoms with E-state index in [1.165, 1.54) is 11.1 Å². The van der Waals surface area contributed by atoms with Crippen molar-refractivity contribution in [1.29, 1.82) is 0 Å². The first-order valence-electron chi connectivity index (χ1n) is 7.57. The molecule has 2 aliphatic rings. The van der Waals surface area contributed by atoms with Gasteiger partial charge in [0.05, 0.1) is 6.04 Å². The van der Waals surface area contributed by atoms with Crippen LogP contribution in [0.5, 0.6) is 0 Å². The molecule has 0 bridgehead atoms. The van der Waals surface area contributed by atoms with Gasteiger partial charge in [-0.1, -0.05) is 17.7 Å². The molecule has 4 nitrogen and oxygen atoms in total. The fourth-order valence-corrected chi connectivity index (χ4v) is 3.18. The van der Waals surface area contributed by atoms with Gasteiger partial charge in [-0.25, -0.2) is 0 Å². The van der Waals surface area contributed by atoms with Gasteiger partial charge in [0.1, 0.15) is 0 Å². The summed E-state index contributed by atoms with van der Waals surface area (Å²) in [6.07, 6.45) is 9.60. The van der Waals surface area contributed by atoms with Crippen molar-refractivity contribution < 1.29 is 4.79 Å². The maximum atomic E-state index is 12.2. The molecule has 0 spiro atoms. The first-order chi connectivity index (χ1) is 10.6. The lowest BCUT2D eigenvalue weighted by molar-refractivity contribution is -0.122. The lowest BCUT2D eigenvalue weighted by Gasteiger charge is -2.15. The van der Waals surface area contributed by atoms with Crippen LogP contribution in [0, 0.1) is 12.3 Å². The van der Waals surface area contributed by atoms with Gasteiger partial charge in [0, 0.05) is 30.7 Å². The molecular weight excluding hydrogens is 298 g/mol. The minimum atomic E-state index is -0.384. The number of halogens is 1. The molecule has 1 atom stereocenters. The van der Waals surface area contributed by atoms with Crippen LogP contribution in [0.3, 0.4) is 0 Å². The quantitative estimate of drug-likeness (QED) is 0.798. The van der Waals surface area contributed by atoms with Gasteiger partial charge in [-0.15, -0.1) is 12.3 Å². The van der Waals surface area contributed by atoms with Crippen molar-refractivity contribution in [2.45, 2.75) is 50.2 Å². The van der Waals surface area contributed by atoms with E-state index in [4.69, 9.17) is 18.0 Å². The third-order valence-corrected chi connectivity index (χ3v) is 4.56. The molecule has 3 rings (SSSR count). The molecular formula is C17H18ClN3O. The van der Waals surface area contributed by atoms with Crippen molar-refractivity contribution in [3.05, 3.63) is 34.3 Å². The average molecular weight is 316 g/mol. The second-order valence-corrected chi connectivity index (χ2v) is 6.32. The van der Waals surface area contributed by atoms with Crippen LogP contribution in [-0.2, 0) is 11.2 Å². The van der Waals surface area contributed by atoms with Crippen LogP contribution < -0.4 is 5.32 Å². The molecule has 1 N–H and O–H groups in total. The minimum Gasteiger partial charge on any atom is -0.349 e. The summed E-state index contributed by atoms with van der Waals surface area (Å²) in [6.45, 7) is 0. The van der Waals surface area contributed by atoms with Crippen molar-refractivity contribution in [3.63, 3.8) is 0 Å². The molecule has 1 amide bonds. The molecule has 1 aromatic carbocycles. The number of carbonyl (C=O) groups excluding carboxylic acids is 1. The van der Waals surface area contributed by atoms with E-state index in [0.717, 1.165) is 24.3 Å². The zero-order valence-corrected chi connectivity index (χ0v) is 13.1. The van der Waals surface area contributed by atoms with Crippen LogP contribution in [0.1, 0.15) is 49.3 Å². The third kappa shape index (κ3) is 3.31. The van der Waals surface area contributed by atoms with Crippen molar-refractivity contribution in [3.8, 4) is 12.3 Å². The largest absolute Gasteiger partial charge is 0.349 e. The predicted molar refractivity (Wildman–Crippen MR) is 85.5 cm³/mol. The van der Waals surface area contributed by atoms with Crippen LogP contribution in [0.15, 0.2) is 28.4 Å². The molecule has 1 aromatic rings. The summed E-state index contributed by atoms with van der Waals surface area (Å²) in [4.78, 5) is 12.2. The summed E-state index contributed by atoms with van der Waals surface area (Å²) in [5, 5.41) is 12.0. The maximum Gasteiger partial charge on any atom is 0.220 e. The Bertz CT molecular complexity index is 656. The summed E-state index contributed by atoms with van der Waals surface area (Å²) in [5.41, 5.74) is 2.03. The second-order valence-electron chi connectivity index (χ2n) is 5.89. The average Bonchev–Trinajstić information content (AvgIpc) is 3.18. The third-order valence-electron chi connectivity index (χ3n) is 4.32. The van der Waals surface area contributed by atoms with Gasteiger partial charge in [-0.2, -0.15) is 10.2 Å². The molecule has 1 heterocycles. The molecule has 1 aliphatic heterocycles. The summed E-state index contributed by atoms with van der Waals surface area (Å²) in [5.74, 6) is 2.64.